The normalized spacial score (nSPS) is 10.3. The maximum atomic E-state index is 12.2. The van der Waals surface area contributed by atoms with Gasteiger partial charge in [0.25, 0.3) is 5.91 Å². The summed E-state index contributed by atoms with van der Waals surface area (Å²) in [5.41, 5.74) is 0.756. The van der Waals surface area contributed by atoms with Crippen molar-refractivity contribution in [3.05, 3.63) is 48.0 Å². The van der Waals surface area contributed by atoms with Gasteiger partial charge in [-0.2, -0.15) is 0 Å². The molecule has 2 aromatic carbocycles. The number of benzene rings is 2. The predicted octanol–water partition coefficient (Wildman–Crippen LogP) is 3.29. The van der Waals surface area contributed by atoms with Crippen LogP contribution < -0.4 is 19.5 Å². The second-order valence-electron chi connectivity index (χ2n) is 5.86. The Balaban J connectivity index is 1.97. The number of amides is 1. The van der Waals surface area contributed by atoms with Crippen molar-refractivity contribution in [1.29, 1.82) is 0 Å². The first-order valence-corrected chi connectivity index (χ1v) is 8.39. The Bertz CT molecular complexity index is 803. The molecule has 0 aliphatic carbocycles. The fourth-order valence-electron chi connectivity index (χ4n) is 2.29. The highest BCUT2D eigenvalue weighted by Crippen LogP contribution is 2.29. The lowest BCUT2D eigenvalue weighted by molar-refractivity contribution is -0.119. The van der Waals surface area contributed by atoms with Crippen molar-refractivity contribution in [3.63, 3.8) is 0 Å². The van der Waals surface area contributed by atoms with E-state index in [1.165, 1.54) is 20.3 Å². The molecule has 7 nitrogen and oxygen atoms in total. The van der Waals surface area contributed by atoms with E-state index in [0.29, 0.717) is 22.9 Å². The van der Waals surface area contributed by atoms with Crippen LogP contribution in [0.4, 0.5) is 5.69 Å². The summed E-state index contributed by atoms with van der Waals surface area (Å²) in [6.45, 7) is 3.35. The van der Waals surface area contributed by atoms with Crippen LogP contribution in [0.1, 0.15) is 24.2 Å². The van der Waals surface area contributed by atoms with Gasteiger partial charge in [0, 0.05) is 0 Å². The summed E-state index contributed by atoms with van der Waals surface area (Å²) < 4.78 is 21.1. The highest BCUT2D eigenvalue weighted by molar-refractivity contribution is 5.96. The van der Waals surface area contributed by atoms with E-state index in [9.17, 15) is 9.59 Å². The minimum atomic E-state index is -0.639. The number of methoxy groups -OCH3 is 2. The first-order valence-electron chi connectivity index (χ1n) is 8.39. The molecule has 0 radical (unpaired) electrons. The zero-order chi connectivity index (χ0) is 19.8. The van der Waals surface area contributed by atoms with E-state index in [0.717, 1.165) is 0 Å². The smallest absolute Gasteiger partial charge is 0.338 e. The van der Waals surface area contributed by atoms with Gasteiger partial charge in [0.15, 0.2) is 18.1 Å². The lowest BCUT2D eigenvalue weighted by Crippen LogP contribution is -2.21. The maximum Gasteiger partial charge on any atom is 0.338 e. The van der Waals surface area contributed by atoms with Gasteiger partial charge in [-0.3, -0.25) is 4.79 Å². The standard InChI is InChI=1S/C20H23NO6/c1-13(2)27-17-10-9-14(11-18(17)25-4)20(23)26-12-19(22)21-15-7-5-6-8-16(15)24-3/h5-11,13H,12H2,1-4H3,(H,21,22). The molecule has 7 heteroatoms. The zero-order valence-electron chi connectivity index (χ0n) is 15.8. The van der Waals surface area contributed by atoms with Gasteiger partial charge in [0.2, 0.25) is 0 Å². The molecule has 0 aliphatic rings. The lowest BCUT2D eigenvalue weighted by atomic mass is 10.2. The SMILES string of the molecule is COc1ccccc1NC(=O)COC(=O)c1ccc(OC(C)C)c(OC)c1. The van der Waals surface area contributed by atoms with E-state index < -0.39 is 18.5 Å². The molecule has 144 valence electrons. The molecule has 1 amide bonds. The summed E-state index contributed by atoms with van der Waals surface area (Å²) in [7, 11) is 2.99. The van der Waals surface area contributed by atoms with Gasteiger partial charge in [-0.15, -0.1) is 0 Å². The first kappa shape index (κ1) is 20.1. The van der Waals surface area contributed by atoms with Gasteiger partial charge in [-0.05, 0) is 44.2 Å². The summed E-state index contributed by atoms with van der Waals surface area (Å²) in [5.74, 6) is 0.344. The van der Waals surface area contributed by atoms with Crippen LogP contribution in [-0.2, 0) is 9.53 Å². The number of hydrogen-bond acceptors (Lipinski definition) is 6. The number of carbonyl (C=O) groups excluding carboxylic acids is 2. The van der Waals surface area contributed by atoms with Crippen LogP contribution in [0.5, 0.6) is 17.2 Å². The van der Waals surface area contributed by atoms with Crippen LogP contribution in [0.25, 0.3) is 0 Å². The maximum absolute atomic E-state index is 12.2. The Morgan fingerprint density at radius 2 is 1.67 bits per heavy atom. The van der Waals surface area contributed by atoms with E-state index in [2.05, 4.69) is 5.32 Å². The summed E-state index contributed by atoms with van der Waals surface area (Å²) in [6.07, 6.45) is -0.0321. The van der Waals surface area contributed by atoms with E-state index >= 15 is 0 Å². The Morgan fingerprint density at radius 3 is 2.33 bits per heavy atom. The number of anilines is 1. The van der Waals surface area contributed by atoms with Crippen LogP contribution in [0.2, 0.25) is 0 Å². The molecule has 0 saturated heterocycles. The third-order valence-electron chi connectivity index (χ3n) is 3.48. The molecule has 2 rings (SSSR count). The summed E-state index contributed by atoms with van der Waals surface area (Å²) in [6, 6.07) is 11.7. The fraction of sp³-hybridized carbons (Fsp3) is 0.300. The van der Waals surface area contributed by atoms with Crippen LogP contribution in [-0.4, -0.2) is 38.8 Å². The van der Waals surface area contributed by atoms with Crippen molar-refractivity contribution >= 4 is 17.6 Å². The number of ether oxygens (including phenoxy) is 4. The quantitative estimate of drug-likeness (QED) is 0.715. The Kier molecular flexibility index (Phi) is 7.05. The molecule has 0 fully saturated rings. The van der Waals surface area contributed by atoms with Crippen molar-refractivity contribution in [2.75, 3.05) is 26.1 Å². The average Bonchev–Trinajstić information content (AvgIpc) is 2.66. The molecule has 1 N–H and O–H groups in total. The number of carbonyl (C=O) groups is 2. The van der Waals surface area contributed by atoms with Gasteiger partial charge in [-0.25, -0.2) is 4.79 Å². The van der Waals surface area contributed by atoms with Crippen molar-refractivity contribution in [3.8, 4) is 17.2 Å². The summed E-state index contributed by atoms with van der Waals surface area (Å²) >= 11 is 0. The van der Waals surface area contributed by atoms with Gasteiger partial charge >= 0.3 is 5.97 Å². The predicted molar refractivity (Wildman–Crippen MR) is 101 cm³/mol. The largest absolute Gasteiger partial charge is 0.495 e. The molecule has 0 atom stereocenters. The van der Waals surface area contributed by atoms with E-state index in [4.69, 9.17) is 18.9 Å². The van der Waals surface area contributed by atoms with Crippen LogP contribution in [0.3, 0.4) is 0 Å². The van der Waals surface area contributed by atoms with Crippen LogP contribution >= 0.6 is 0 Å². The monoisotopic (exact) mass is 373 g/mol. The molecule has 27 heavy (non-hydrogen) atoms. The van der Waals surface area contributed by atoms with E-state index in [1.807, 2.05) is 13.8 Å². The minimum absolute atomic E-state index is 0.0321. The Morgan fingerprint density at radius 1 is 0.963 bits per heavy atom. The van der Waals surface area contributed by atoms with Gasteiger partial charge in [0.1, 0.15) is 5.75 Å². The first-order chi connectivity index (χ1) is 12.9. The Hall–Kier alpha value is -3.22. The molecule has 0 saturated carbocycles. The van der Waals surface area contributed by atoms with Crippen molar-refractivity contribution < 1.29 is 28.5 Å². The average molecular weight is 373 g/mol. The highest BCUT2D eigenvalue weighted by Gasteiger charge is 2.15. The minimum Gasteiger partial charge on any atom is -0.495 e. The lowest BCUT2D eigenvalue weighted by Gasteiger charge is -2.14. The molecular formula is C20H23NO6. The van der Waals surface area contributed by atoms with E-state index in [-0.39, 0.29) is 11.7 Å². The Labute approximate surface area is 158 Å². The molecule has 0 aliphatic heterocycles. The fourth-order valence-corrected chi connectivity index (χ4v) is 2.29. The third kappa shape index (κ3) is 5.64. The topological polar surface area (TPSA) is 83.1 Å². The van der Waals surface area contributed by atoms with Gasteiger partial charge in [0.05, 0.1) is 31.6 Å². The third-order valence-corrected chi connectivity index (χ3v) is 3.48. The van der Waals surface area contributed by atoms with Gasteiger partial charge < -0.3 is 24.3 Å². The van der Waals surface area contributed by atoms with Crippen molar-refractivity contribution in [2.45, 2.75) is 20.0 Å². The summed E-state index contributed by atoms with van der Waals surface area (Å²) in [5, 5.41) is 2.64. The molecule has 0 aromatic heterocycles. The second kappa shape index (κ2) is 9.47. The van der Waals surface area contributed by atoms with Gasteiger partial charge in [-0.1, -0.05) is 12.1 Å². The van der Waals surface area contributed by atoms with Crippen molar-refractivity contribution in [1.82, 2.24) is 0 Å². The molecule has 0 unspecified atom stereocenters. The number of nitrogens with one attached hydrogen (secondary N) is 1. The molecular weight excluding hydrogens is 350 g/mol. The summed E-state index contributed by atoms with van der Waals surface area (Å²) in [4.78, 5) is 24.2. The van der Waals surface area contributed by atoms with Crippen molar-refractivity contribution in [2.24, 2.45) is 0 Å². The highest BCUT2D eigenvalue weighted by atomic mass is 16.5. The second-order valence-corrected chi connectivity index (χ2v) is 5.86. The number of hydrogen-bond donors (Lipinski definition) is 1. The molecule has 0 spiro atoms. The molecule has 2 aromatic rings. The number of esters is 1. The number of rotatable bonds is 8. The molecule has 0 bridgehead atoms. The van der Waals surface area contributed by atoms with E-state index in [1.54, 1.807) is 36.4 Å². The number of para-hydroxylation sites is 2. The molecule has 0 heterocycles. The van der Waals surface area contributed by atoms with Crippen LogP contribution in [0, 0.1) is 0 Å². The zero-order valence-corrected chi connectivity index (χ0v) is 15.8. The van der Waals surface area contributed by atoms with Crippen LogP contribution in [0.15, 0.2) is 42.5 Å².